The fraction of sp³-hybridized carbons (Fsp3) is 0.182. The van der Waals surface area contributed by atoms with Gasteiger partial charge in [-0.25, -0.2) is 9.97 Å². The lowest BCUT2D eigenvalue weighted by atomic mass is 9.89. The number of aromatic amines is 2. The van der Waals surface area contributed by atoms with E-state index in [0.29, 0.717) is 74.2 Å². The van der Waals surface area contributed by atoms with Gasteiger partial charge in [-0.2, -0.15) is 0 Å². The van der Waals surface area contributed by atoms with Crippen LogP contribution >= 0.6 is 92.8 Å². The molecule has 5 heterocycles. The van der Waals surface area contributed by atoms with Crippen molar-refractivity contribution >= 4 is 139 Å². The molecule has 0 spiro atoms. The van der Waals surface area contributed by atoms with Crippen LogP contribution < -0.4 is 0 Å². The van der Waals surface area contributed by atoms with E-state index >= 15 is 0 Å². The Kier molecular flexibility index (Phi) is 9.79. The number of alkyl halides is 4. The monoisotopic (exact) mass is 894 g/mol. The van der Waals surface area contributed by atoms with E-state index in [-0.39, 0.29) is 0 Å². The molecule has 2 N–H and O–H groups in total. The molecule has 9 rings (SSSR count). The van der Waals surface area contributed by atoms with Gasteiger partial charge in [0.2, 0.25) is 0 Å². The zero-order chi connectivity index (χ0) is 39.0. The Morgan fingerprint density at radius 1 is 0.393 bits per heavy atom. The number of nitrogens with one attached hydrogen (secondary N) is 2. The van der Waals surface area contributed by atoms with Gasteiger partial charge in [0.05, 0.1) is 42.3 Å². The Labute approximate surface area is 363 Å². The Bertz CT molecular complexity index is 2580. The van der Waals surface area contributed by atoms with Crippen LogP contribution in [-0.2, 0) is 19.5 Å². The number of halogens is 8. The number of hydrogen-bond donors (Lipinski definition) is 2. The minimum Gasteiger partial charge on any atom is -0.355 e. The van der Waals surface area contributed by atoms with Crippen molar-refractivity contribution in [1.82, 2.24) is 19.9 Å². The summed E-state index contributed by atoms with van der Waals surface area (Å²) >= 11 is 57.2. The minimum absolute atomic E-state index is 0.330. The number of nitrogens with zero attached hydrogens (tertiary/aromatic N) is 2. The quantitative estimate of drug-likeness (QED) is 0.177. The molecular weight excluding hydrogens is 868 g/mol. The lowest BCUT2D eigenvalue weighted by Crippen LogP contribution is -2.21. The molecule has 12 heteroatoms. The molecule has 0 radical (unpaired) electrons. The first-order valence-electron chi connectivity index (χ1n) is 17.9. The predicted octanol–water partition coefficient (Wildman–Crippen LogP) is 14.7. The average molecular weight is 898 g/mol. The molecule has 0 saturated heterocycles. The van der Waals surface area contributed by atoms with Gasteiger partial charge in [-0.3, -0.25) is 0 Å². The van der Waals surface area contributed by atoms with Crippen LogP contribution in [0.4, 0.5) is 0 Å². The molecule has 56 heavy (non-hydrogen) atoms. The van der Waals surface area contributed by atoms with E-state index in [1.165, 1.54) is 0 Å². The maximum atomic E-state index is 7.63. The molecule has 0 saturated carbocycles. The van der Waals surface area contributed by atoms with Gasteiger partial charge in [0.15, 0.2) is 0 Å². The van der Waals surface area contributed by atoms with Crippen molar-refractivity contribution in [3.63, 3.8) is 0 Å². The molecule has 0 amide bonds. The standard InChI is InChI=1S/C44H30Cl8N4/c45-25-5-1-17-41(49,21-25)37-29-9-11-31(53-29)38(42(50)18-2-6-26(46)22-42)33-13-15-35(55-33)40(44(52)20-4-8-28(48)24-44)36-16-14-34(56-36)39(32-12-10-30(37)54-32)43(51)19-3-7-27(47)23-43/h1-20,53-54H,21-24H2. The highest BCUT2D eigenvalue weighted by atomic mass is 35.5. The molecule has 6 aliphatic rings. The first-order valence-corrected chi connectivity index (χ1v) is 20.9. The highest BCUT2D eigenvalue weighted by Crippen LogP contribution is 2.50. The van der Waals surface area contributed by atoms with Crippen molar-refractivity contribution in [1.29, 1.82) is 0 Å². The Morgan fingerprint density at radius 3 is 0.982 bits per heavy atom. The van der Waals surface area contributed by atoms with Crippen LogP contribution in [0.15, 0.2) is 117 Å². The number of fused-ring (bicyclic) bond motifs is 8. The van der Waals surface area contributed by atoms with Crippen molar-refractivity contribution < 1.29 is 0 Å². The first-order chi connectivity index (χ1) is 26.8. The molecule has 4 aliphatic carbocycles. The van der Waals surface area contributed by atoms with Gasteiger partial charge < -0.3 is 9.97 Å². The smallest absolute Gasteiger partial charge is 0.0968 e. The zero-order valence-electron chi connectivity index (χ0n) is 29.3. The topological polar surface area (TPSA) is 57.4 Å². The molecule has 4 unspecified atom stereocenters. The van der Waals surface area contributed by atoms with Gasteiger partial charge in [0, 0.05) is 90.1 Å². The van der Waals surface area contributed by atoms with Crippen molar-refractivity contribution in [3.05, 3.63) is 162 Å². The Morgan fingerprint density at radius 2 is 0.661 bits per heavy atom. The van der Waals surface area contributed by atoms with Crippen LogP contribution in [0.5, 0.6) is 0 Å². The van der Waals surface area contributed by atoms with Crippen LogP contribution in [0, 0.1) is 0 Å². The molecule has 0 fully saturated rings. The SMILES string of the molecule is ClC1=CC=CC(Cl)(c2c3nc(c(C4(Cl)C=CC=C(Cl)C4)c4ccc([nH]4)c(C4(Cl)C=CC=C(Cl)C4)c4ccc([nH]4)c(C4(Cl)C=CC=C(Cl)C4)c4nc2C=C4)C=C3)C1. The lowest BCUT2D eigenvalue weighted by Gasteiger charge is -2.28. The number of rotatable bonds is 4. The maximum Gasteiger partial charge on any atom is 0.0968 e. The van der Waals surface area contributed by atoms with Crippen LogP contribution in [0.1, 0.15) is 70.7 Å². The largest absolute Gasteiger partial charge is 0.355 e. The third kappa shape index (κ3) is 6.74. The molecule has 0 aromatic carbocycles. The van der Waals surface area contributed by atoms with E-state index in [1.54, 1.807) is 0 Å². The highest BCUT2D eigenvalue weighted by molar-refractivity contribution is 6.34. The summed E-state index contributed by atoms with van der Waals surface area (Å²) in [5.41, 5.74) is 8.35. The summed E-state index contributed by atoms with van der Waals surface area (Å²) < 4.78 is 0. The molecular formula is C44H30Cl8N4. The summed E-state index contributed by atoms with van der Waals surface area (Å²) in [4.78, 5) is 13.8. The van der Waals surface area contributed by atoms with E-state index in [0.717, 1.165) is 38.8 Å². The van der Waals surface area contributed by atoms with Crippen molar-refractivity contribution in [2.24, 2.45) is 0 Å². The zero-order valence-corrected chi connectivity index (χ0v) is 35.3. The van der Waals surface area contributed by atoms with Crippen LogP contribution in [-0.4, -0.2) is 19.9 Å². The number of allylic oxidation sites excluding steroid dienone is 16. The van der Waals surface area contributed by atoms with Gasteiger partial charge >= 0.3 is 0 Å². The molecule has 3 aromatic rings. The summed E-state index contributed by atoms with van der Waals surface area (Å²) in [7, 11) is 0. The van der Waals surface area contributed by atoms with Gasteiger partial charge in [-0.1, -0.05) is 95.0 Å². The molecule has 2 aliphatic heterocycles. The van der Waals surface area contributed by atoms with E-state index in [1.807, 2.05) is 121 Å². The van der Waals surface area contributed by atoms with Gasteiger partial charge in [0.25, 0.3) is 0 Å². The number of H-pyrrole nitrogens is 2. The van der Waals surface area contributed by atoms with Crippen molar-refractivity contribution in [2.75, 3.05) is 0 Å². The second-order valence-electron chi connectivity index (χ2n) is 14.6. The Balaban J connectivity index is 1.46. The maximum absolute atomic E-state index is 7.63. The normalized spacial score (nSPS) is 28.0. The molecule has 4 nitrogen and oxygen atoms in total. The van der Waals surface area contributed by atoms with Crippen LogP contribution in [0.25, 0.3) is 46.4 Å². The lowest BCUT2D eigenvalue weighted by molar-refractivity contribution is 0.738. The van der Waals surface area contributed by atoms with E-state index in [2.05, 4.69) is 9.97 Å². The molecule has 3 aromatic heterocycles. The molecule has 8 bridgehead atoms. The third-order valence-electron chi connectivity index (χ3n) is 10.7. The average Bonchev–Trinajstić information content (AvgIpc) is 3.95. The first kappa shape index (κ1) is 38.4. The third-order valence-corrected chi connectivity index (χ3v) is 13.5. The van der Waals surface area contributed by atoms with Gasteiger partial charge in [0.1, 0.15) is 0 Å². The Hall–Kier alpha value is -3.16. The fourth-order valence-corrected chi connectivity index (χ4v) is 11.4. The van der Waals surface area contributed by atoms with Gasteiger partial charge in [-0.15, -0.1) is 46.4 Å². The molecule has 4 atom stereocenters. The summed E-state index contributed by atoms with van der Waals surface area (Å²) in [6.07, 6.45) is 31.8. The second-order valence-corrected chi connectivity index (χ2v) is 19.2. The summed E-state index contributed by atoms with van der Waals surface area (Å²) in [5.74, 6) is 0. The van der Waals surface area contributed by atoms with E-state index in [4.69, 9.17) is 103 Å². The predicted molar refractivity (Wildman–Crippen MR) is 240 cm³/mol. The summed E-state index contributed by atoms with van der Waals surface area (Å²) in [6.45, 7) is 0. The fourth-order valence-electron chi connectivity index (χ4n) is 8.32. The van der Waals surface area contributed by atoms with Gasteiger partial charge in [-0.05, 0) is 72.9 Å². The van der Waals surface area contributed by atoms with Crippen molar-refractivity contribution in [3.8, 4) is 0 Å². The van der Waals surface area contributed by atoms with Crippen molar-refractivity contribution in [2.45, 2.75) is 45.2 Å². The second kappa shape index (κ2) is 14.3. The number of hydrogen-bond acceptors (Lipinski definition) is 2. The van der Waals surface area contributed by atoms with E-state index in [9.17, 15) is 0 Å². The molecule has 282 valence electrons. The van der Waals surface area contributed by atoms with E-state index < -0.39 is 19.5 Å². The summed E-state index contributed by atoms with van der Waals surface area (Å²) in [5, 5.41) is 2.46. The van der Waals surface area contributed by atoms with Crippen LogP contribution in [0.2, 0.25) is 0 Å². The highest BCUT2D eigenvalue weighted by Gasteiger charge is 2.40. The number of aromatic nitrogens is 4. The summed E-state index contributed by atoms with van der Waals surface area (Å²) in [6, 6.07) is 7.99. The van der Waals surface area contributed by atoms with Crippen LogP contribution in [0.3, 0.4) is 0 Å². The minimum atomic E-state index is -1.08.